The van der Waals surface area contributed by atoms with Crippen LogP contribution in [0.3, 0.4) is 0 Å². The number of aromatic hydroxyl groups is 1. The normalized spacial score (nSPS) is 10.8. The van der Waals surface area contributed by atoms with Crippen molar-refractivity contribution in [2.75, 3.05) is 0 Å². The van der Waals surface area contributed by atoms with E-state index in [9.17, 15) is 13.5 Å². The fraction of sp³-hybridized carbons (Fsp3) is 0.400. The van der Waals surface area contributed by atoms with Gasteiger partial charge >= 0.3 is 0 Å². The Kier molecular flexibility index (Phi) is 3.52. The van der Waals surface area contributed by atoms with Crippen LogP contribution in [0.25, 0.3) is 0 Å². The van der Waals surface area contributed by atoms with Crippen molar-refractivity contribution < 1.29 is 13.5 Å². The van der Waals surface area contributed by atoms with Gasteiger partial charge in [0.25, 0.3) is 0 Å². The maximum atomic E-state index is 10.8. The van der Waals surface area contributed by atoms with Crippen LogP contribution in [0.15, 0.2) is 17.0 Å². The molecule has 3 nitrogen and oxygen atoms in total. The van der Waals surface area contributed by atoms with Crippen LogP contribution in [-0.4, -0.2) is 13.5 Å². The Bertz CT molecular complexity index is 375. The second-order valence-electron chi connectivity index (χ2n) is 3.08. The first kappa shape index (κ1) is 11.0. The van der Waals surface area contributed by atoms with Crippen molar-refractivity contribution in [2.24, 2.45) is 0 Å². The minimum Gasteiger partial charge on any atom is -0.507 e. The second-order valence-corrected chi connectivity index (χ2v) is 4.11. The SMILES string of the molecule is CCc1cc([SH](=O)=O)cc(CC)c1O. The average Bonchev–Trinajstić information content (AvgIpc) is 2.17. The Labute approximate surface area is 85.3 Å². The molecule has 1 N–H and O–H groups in total. The van der Waals surface area contributed by atoms with Crippen LogP contribution in [0, 0.1) is 0 Å². The molecule has 0 radical (unpaired) electrons. The fourth-order valence-electron chi connectivity index (χ4n) is 1.39. The van der Waals surface area contributed by atoms with Crippen LogP contribution in [-0.2, 0) is 23.5 Å². The van der Waals surface area contributed by atoms with Gasteiger partial charge in [-0.25, -0.2) is 8.42 Å². The lowest BCUT2D eigenvalue weighted by Crippen LogP contribution is -1.92. The van der Waals surface area contributed by atoms with Crippen molar-refractivity contribution in [3.8, 4) is 5.75 Å². The van der Waals surface area contributed by atoms with E-state index in [1.54, 1.807) is 0 Å². The molecule has 0 saturated heterocycles. The first-order valence-corrected chi connectivity index (χ1v) is 5.77. The van der Waals surface area contributed by atoms with E-state index in [0.717, 1.165) is 0 Å². The molecule has 4 heteroatoms. The van der Waals surface area contributed by atoms with Crippen molar-refractivity contribution in [2.45, 2.75) is 31.6 Å². The number of hydrogen-bond acceptors (Lipinski definition) is 3. The standard InChI is InChI=1S/C10H14O3S/c1-3-7-5-9(14(12)13)6-8(4-2)10(7)11/h5-6,11,14H,3-4H2,1-2H3. The van der Waals surface area contributed by atoms with Gasteiger partial charge in [-0.1, -0.05) is 13.8 Å². The van der Waals surface area contributed by atoms with E-state index >= 15 is 0 Å². The number of hydrogen-bond donors (Lipinski definition) is 2. The van der Waals surface area contributed by atoms with Gasteiger partial charge in [0.05, 0.1) is 4.90 Å². The van der Waals surface area contributed by atoms with Gasteiger partial charge in [-0.05, 0) is 36.1 Å². The van der Waals surface area contributed by atoms with Crippen molar-refractivity contribution in [3.63, 3.8) is 0 Å². The number of benzene rings is 1. The second kappa shape index (κ2) is 4.46. The van der Waals surface area contributed by atoms with Crippen molar-refractivity contribution in [1.82, 2.24) is 0 Å². The summed E-state index contributed by atoms with van der Waals surface area (Å²) in [5.41, 5.74) is 1.39. The summed E-state index contributed by atoms with van der Waals surface area (Å²) in [5.74, 6) is 0.232. The zero-order chi connectivity index (χ0) is 10.7. The largest absolute Gasteiger partial charge is 0.507 e. The van der Waals surface area contributed by atoms with Crippen LogP contribution in [0.1, 0.15) is 25.0 Å². The molecule has 0 heterocycles. The van der Waals surface area contributed by atoms with E-state index in [1.165, 1.54) is 12.1 Å². The summed E-state index contributed by atoms with van der Waals surface area (Å²) in [5, 5.41) is 9.70. The predicted molar refractivity (Wildman–Crippen MR) is 55.4 cm³/mol. The van der Waals surface area contributed by atoms with E-state index in [-0.39, 0.29) is 10.6 Å². The Morgan fingerprint density at radius 3 is 1.86 bits per heavy atom. The number of phenols is 1. The quantitative estimate of drug-likeness (QED) is 0.749. The van der Waals surface area contributed by atoms with Gasteiger partial charge in [0.1, 0.15) is 5.75 Å². The van der Waals surface area contributed by atoms with E-state index < -0.39 is 10.7 Å². The third kappa shape index (κ3) is 2.07. The van der Waals surface area contributed by atoms with Crippen LogP contribution in [0.5, 0.6) is 5.75 Å². The molecule has 1 rings (SSSR count). The molecular weight excluding hydrogens is 200 g/mol. The van der Waals surface area contributed by atoms with Crippen molar-refractivity contribution in [3.05, 3.63) is 23.3 Å². The molecule has 0 saturated carbocycles. The number of thiol groups is 1. The van der Waals surface area contributed by atoms with E-state index in [0.29, 0.717) is 24.0 Å². The summed E-state index contributed by atoms with van der Waals surface area (Å²) < 4.78 is 21.6. The third-order valence-corrected chi connectivity index (χ3v) is 2.91. The topological polar surface area (TPSA) is 54.4 Å². The number of aryl methyl sites for hydroxylation is 2. The van der Waals surface area contributed by atoms with E-state index in [1.807, 2.05) is 13.8 Å². The molecule has 1 aromatic rings. The fourth-order valence-corrected chi connectivity index (χ4v) is 1.91. The molecule has 1 aromatic carbocycles. The summed E-state index contributed by atoms with van der Waals surface area (Å²) in [6, 6.07) is 3.06. The molecule has 14 heavy (non-hydrogen) atoms. The first-order chi connectivity index (χ1) is 6.60. The molecule has 0 aliphatic heterocycles. The highest BCUT2D eigenvalue weighted by molar-refractivity contribution is 7.72. The Balaban J connectivity index is 3.39. The molecular formula is C10H14O3S. The van der Waals surface area contributed by atoms with Crippen LogP contribution in [0.2, 0.25) is 0 Å². The summed E-state index contributed by atoms with van der Waals surface area (Å²) in [6.07, 6.45) is 1.27. The summed E-state index contributed by atoms with van der Waals surface area (Å²) in [4.78, 5) is 0.284. The molecule has 0 aromatic heterocycles. The highest BCUT2D eigenvalue weighted by atomic mass is 32.2. The summed E-state index contributed by atoms with van der Waals surface area (Å²) in [6.45, 7) is 3.77. The first-order valence-electron chi connectivity index (χ1n) is 4.59. The Hall–Kier alpha value is -1.03. The Morgan fingerprint density at radius 1 is 1.14 bits per heavy atom. The van der Waals surface area contributed by atoms with E-state index in [4.69, 9.17) is 0 Å². The molecule has 0 unspecified atom stereocenters. The smallest absolute Gasteiger partial charge is 0.168 e. The molecule has 0 aliphatic carbocycles. The van der Waals surface area contributed by atoms with Gasteiger partial charge < -0.3 is 5.11 Å². The van der Waals surface area contributed by atoms with Crippen LogP contribution < -0.4 is 0 Å². The van der Waals surface area contributed by atoms with Gasteiger partial charge in [-0.2, -0.15) is 0 Å². The van der Waals surface area contributed by atoms with E-state index in [2.05, 4.69) is 0 Å². The molecule has 0 bridgehead atoms. The molecule has 0 fully saturated rings. The zero-order valence-electron chi connectivity index (χ0n) is 8.28. The molecule has 0 aliphatic rings. The minimum absolute atomic E-state index is 0.232. The molecule has 0 spiro atoms. The number of rotatable bonds is 3. The van der Waals surface area contributed by atoms with Gasteiger partial charge in [0, 0.05) is 0 Å². The third-order valence-electron chi connectivity index (χ3n) is 2.23. The zero-order valence-corrected chi connectivity index (χ0v) is 9.17. The summed E-state index contributed by atoms with van der Waals surface area (Å²) in [7, 11) is -2.56. The monoisotopic (exact) mass is 214 g/mol. The van der Waals surface area contributed by atoms with Gasteiger partial charge in [-0.15, -0.1) is 0 Å². The lowest BCUT2D eigenvalue weighted by Gasteiger charge is -2.07. The highest BCUT2D eigenvalue weighted by Crippen LogP contribution is 2.26. The highest BCUT2D eigenvalue weighted by Gasteiger charge is 2.08. The van der Waals surface area contributed by atoms with Gasteiger partial charge in [0.2, 0.25) is 0 Å². The Morgan fingerprint density at radius 2 is 1.57 bits per heavy atom. The minimum atomic E-state index is -2.56. The van der Waals surface area contributed by atoms with Gasteiger partial charge in [0.15, 0.2) is 10.7 Å². The molecule has 0 atom stereocenters. The number of phenolic OH excluding ortho intramolecular Hbond substituents is 1. The summed E-state index contributed by atoms with van der Waals surface area (Å²) >= 11 is 0. The van der Waals surface area contributed by atoms with Crippen molar-refractivity contribution >= 4 is 10.7 Å². The molecule has 0 amide bonds. The molecule has 78 valence electrons. The van der Waals surface area contributed by atoms with Crippen molar-refractivity contribution in [1.29, 1.82) is 0 Å². The van der Waals surface area contributed by atoms with Crippen LogP contribution in [0.4, 0.5) is 0 Å². The lowest BCUT2D eigenvalue weighted by molar-refractivity contribution is 0.461. The lowest BCUT2D eigenvalue weighted by atomic mass is 10.1. The average molecular weight is 214 g/mol. The van der Waals surface area contributed by atoms with Gasteiger partial charge in [-0.3, -0.25) is 0 Å². The van der Waals surface area contributed by atoms with Crippen LogP contribution >= 0.6 is 0 Å². The maximum absolute atomic E-state index is 10.8. The maximum Gasteiger partial charge on any atom is 0.168 e. The predicted octanol–water partition coefficient (Wildman–Crippen LogP) is 1.49.